The van der Waals surface area contributed by atoms with E-state index >= 15 is 0 Å². The van der Waals surface area contributed by atoms with Crippen molar-refractivity contribution in [2.75, 3.05) is 13.8 Å². The van der Waals surface area contributed by atoms with Crippen molar-refractivity contribution < 1.29 is 9.53 Å². The lowest BCUT2D eigenvalue weighted by molar-refractivity contribution is -0.122. The molecule has 0 fully saturated rings. The van der Waals surface area contributed by atoms with Gasteiger partial charge >= 0.3 is 0 Å². The highest BCUT2D eigenvalue weighted by Crippen LogP contribution is 2.01. The third-order valence-electron chi connectivity index (χ3n) is 1.90. The summed E-state index contributed by atoms with van der Waals surface area (Å²) < 4.78 is 4.73. The van der Waals surface area contributed by atoms with Gasteiger partial charge in [0.15, 0.2) is 0 Å². The van der Waals surface area contributed by atoms with Crippen LogP contribution in [0.1, 0.15) is 12.0 Å². The summed E-state index contributed by atoms with van der Waals surface area (Å²) in [5.41, 5.74) is 1.18. The average Bonchev–Trinajstić information content (AvgIpc) is 2.25. The molecule has 3 nitrogen and oxygen atoms in total. The van der Waals surface area contributed by atoms with Crippen molar-refractivity contribution in [3.05, 3.63) is 35.9 Å². The average molecular weight is 193 g/mol. The minimum atomic E-state index is 0.0238. The van der Waals surface area contributed by atoms with Crippen LogP contribution >= 0.6 is 0 Å². The highest BCUT2D eigenvalue weighted by Gasteiger charge is 2.00. The largest absolute Gasteiger partial charge is 0.364 e. The van der Waals surface area contributed by atoms with Gasteiger partial charge in [-0.05, 0) is 12.0 Å². The standard InChI is InChI=1S/C11H15NO2/c1-14-9-12-11(13)8-7-10-5-3-2-4-6-10/h2-6H,7-9H2,1H3,(H,12,13). The van der Waals surface area contributed by atoms with E-state index in [2.05, 4.69) is 5.32 Å². The van der Waals surface area contributed by atoms with E-state index in [4.69, 9.17) is 4.74 Å². The molecule has 1 N–H and O–H groups in total. The van der Waals surface area contributed by atoms with Gasteiger partial charge in [0.05, 0.1) is 0 Å². The van der Waals surface area contributed by atoms with Gasteiger partial charge in [-0.15, -0.1) is 0 Å². The Morgan fingerprint density at radius 3 is 2.71 bits per heavy atom. The van der Waals surface area contributed by atoms with E-state index in [1.54, 1.807) is 7.11 Å². The predicted octanol–water partition coefficient (Wildman–Crippen LogP) is 1.34. The minimum absolute atomic E-state index is 0.0238. The van der Waals surface area contributed by atoms with Crippen molar-refractivity contribution in [3.8, 4) is 0 Å². The zero-order valence-corrected chi connectivity index (χ0v) is 8.32. The smallest absolute Gasteiger partial charge is 0.222 e. The van der Waals surface area contributed by atoms with Crippen LogP contribution < -0.4 is 5.32 Å². The van der Waals surface area contributed by atoms with Gasteiger partial charge < -0.3 is 10.1 Å². The molecule has 0 aliphatic rings. The third kappa shape index (κ3) is 4.05. The van der Waals surface area contributed by atoms with Crippen LogP contribution in [0.5, 0.6) is 0 Å². The van der Waals surface area contributed by atoms with Gasteiger partial charge in [0.2, 0.25) is 5.91 Å². The molecule has 1 aromatic rings. The van der Waals surface area contributed by atoms with E-state index in [0.717, 1.165) is 6.42 Å². The maximum Gasteiger partial charge on any atom is 0.222 e. The number of methoxy groups -OCH3 is 1. The first-order chi connectivity index (χ1) is 6.83. The van der Waals surface area contributed by atoms with Gasteiger partial charge in [-0.2, -0.15) is 0 Å². The van der Waals surface area contributed by atoms with Crippen LogP contribution in [-0.2, 0) is 16.0 Å². The first-order valence-electron chi connectivity index (χ1n) is 4.62. The number of rotatable bonds is 5. The number of carbonyl (C=O) groups is 1. The van der Waals surface area contributed by atoms with Gasteiger partial charge in [-0.25, -0.2) is 0 Å². The summed E-state index contributed by atoms with van der Waals surface area (Å²) in [6.45, 7) is 0.285. The lowest BCUT2D eigenvalue weighted by atomic mass is 10.1. The number of benzene rings is 1. The van der Waals surface area contributed by atoms with E-state index < -0.39 is 0 Å². The Morgan fingerprint density at radius 1 is 1.36 bits per heavy atom. The monoisotopic (exact) mass is 193 g/mol. The fourth-order valence-electron chi connectivity index (χ4n) is 1.14. The normalized spacial score (nSPS) is 9.79. The Balaban J connectivity index is 2.24. The summed E-state index contributed by atoms with van der Waals surface area (Å²) in [5.74, 6) is 0.0238. The number of hydrogen-bond donors (Lipinski definition) is 1. The van der Waals surface area contributed by atoms with Crippen LogP contribution in [-0.4, -0.2) is 19.7 Å². The molecule has 0 unspecified atom stereocenters. The van der Waals surface area contributed by atoms with Crippen molar-refractivity contribution in [2.24, 2.45) is 0 Å². The van der Waals surface area contributed by atoms with Crippen LogP contribution in [0.25, 0.3) is 0 Å². The second-order valence-electron chi connectivity index (χ2n) is 3.02. The summed E-state index contributed by atoms with van der Waals surface area (Å²) in [6.07, 6.45) is 1.28. The molecule has 1 rings (SSSR count). The zero-order valence-electron chi connectivity index (χ0n) is 8.32. The van der Waals surface area contributed by atoms with Gasteiger partial charge in [0.25, 0.3) is 0 Å². The van der Waals surface area contributed by atoms with Crippen LogP contribution in [0.15, 0.2) is 30.3 Å². The Bertz CT molecular complexity index is 272. The number of carbonyl (C=O) groups excluding carboxylic acids is 1. The molecule has 0 heterocycles. The topological polar surface area (TPSA) is 38.3 Å². The molecule has 0 saturated heterocycles. The molecule has 0 atom stereocenters. The molecule has 3 heteroatoms. The quantitative estimate of drug-likeness (QED) is 0.717. The van der Waals surface area contributed by atoms with Crippen molar-refractivity contribution in [1.82, 2.24) is 5.32 Å². The zero-order chi connectivity index (χ0) is 10.2. The van der Waals surface area contributed by atoms with Gasteiger partial charge in [0.1, 0.15) is 6.73 Å². The number of aryl methyl sites for hydroxylation is 1. The number of nitrogens with one attached hydrogen (secondary N) is 1. The molecule has 14 heavy (non-hydrogen) atoms. The molecular formula is C11H15NO2. The predicted molar refractivity (Wildman–Crippen MR) is 54.8 cm³/mol. The van der Waals surface area contributed by atoms with Gasteiger partial charge in [-0.1, -0.05) is 30.3 Å². The third-order valence-corrected chi connectivity index (χ3v) is 1.90. The van der Waals surface area contributed by atoms with E-state index in [1.807, 2.05) is 30.3 Å². The molecule has 76 valence electrons. The molecule has 0 aromatic heterocycles. The fraction of sp³-hybridized carbons (Fsp3) is 0.364. The molecule has 1 amide bonds. The summed E-state index contributed by atoms with van der Waals surface area (Å²) in [7, 11) is 1.55. The molecule has 0 bridgehead atoms. The highest BCUT2D eigenvalue weighted by atomic mass is 16.5. The Morgan fingerprint density at radius 2 is 2.07 bits per heavy atom. The number of amides is 1. The lowest BCUT2D eigenvalue weighted by Crippen LogP contribution is -2.25. The summed E-state index contributed by atoms with van der Waals surface area (Å²) >= 11 is 0. The summed E-state index contributed by atoms with van der Waals surface area (Å²) in [5, 5.41) is 2.64. The van der Waals surface area contributed by atoms with Crippen LogP contribution in [0.3, 0.4) is 0 Å². The van der Waals surface area contributed by atoms with E-state index in [-0.39, 0.29) is 12.6 Å². The molecule has 0 spiro atoms. The van der Waals surface area contributed by atoms with Crippen molar-refractivity contribution in [3.63, 3.8) is 0 Å². The van der Waals surface area contributed by atoms with Crippen molar-refractivity contribution in [1.29, 1.82) is 0 Å². The molecule has 1 aromatic carbocycles. The summed E-state index contributed by atoms with van der Waals surface area (Å²) in [6, 6.07) is 9.95. The van der Waals surface area contributed by atoms with Gasteiger partial charge in [0, 0.05) is 13.5 Å². The first kappa shape index (κ1) is 10.7. The van der Waals surface area contributed by atoms with Crippen LogP contribution in [0, 0.1) is 0 Å². The Labute approximate surface area is 84.1 Å². The number of hydrogen-bond acceptors (Lipinski definition) is 2. The van der Waals surface area contributed by atoms with Gasteiger partial charge in [-0.3, -0.25) is 4.79 Å². The molecule has 0 aliphatic heterocycles. The molecule has 0 saturated carbocycles. The molecule has 0 aliphatic carbocycles. The van der Waals surface area contributed by atoms with Crippen LogP contribution in [0.4, 0.5) is 0 Å². The minimum Gasteiger partial charge on any atom is -0.364 e. The molecular weight excluding hydrogens is 178 g/mol. The van der Waals surface area contributed by atoms with E-state index in [0.29, 0.717) is 6.42 Å². The summed E-state index contributed by atoms with van der Waals surface area (Å²) in [4.78, 5) is 11.2. The Kier molecular flexibility index (Phi) is 4.72. The van der Waals surface area contributed by atoms with Crippen molar-refractivity contribution in [2.45, 2.75) is 12.8 Å². The maximum absolute atomic E-state index is 11.2. The SMILES string of the molecule is COCNC(=O)CCc1ccccc1. The Hall–Kier alpha value is -1.35. The first-order valence-corrected chi connectivity index (χ1v) is 4.62. The van der Waals surface area contributed by atoms with Crippen molar-refractivity contribution >= 4 is 5.91 Å². The van der Waals surface area contributed by atoms with Crippen LogP contribution in [0.2, 0.25) is 0 Å². The second-order valence-corrected chi connectivity index (χ2v) is 3.02. The highest BCUT2D eigenvalue weighted by molar-refractivity contribution is 5.75. The number of ether oxygens (including phenoxy) is 1. The van der Waals surface area contributed by atoms with E-state index in [9.17, 15) is 4.79 Å². The van der Waals surface area contributed by atoms with E-state index in [1.165, 1.54) is 5.56 Å². The molecule has 0 radical (unpaired) electrons. The second kappa shape index (κ2) is 6.16. The lowest BCUT2D eigenvalue weighted by Gasteiger charge is -2.03. The fourth-order valence-corrected chi connectivity index (χ4v) is 1.14. The maximum atomic E-state index is 11.2.